The molecule has 1 aromatic carbocycles. The Kier molecular flexibility index (Phi) is 3.93. The Bertz CT molecular complexity index is 925. The summed E-state index contributed by atoms with van der Waals surface area (Å²) in [5.74, 6) is 2.24. The van der Waals surface area contributed by atoms with E-state index in [9.17, 15) is 0 Å². The lowest BCUT2D eigenvalue weighted by Gasteiger charge is -2.04. The molecule has 0 bridgehead atoms. The Labute approximate surface area is 142 Å². The van der Waals surface area contributed by atoms with E-state index < -0.39 is 0 Å². The van der Waals surface area contributed by atoms with E-state index in [-0.39, 0.29) is 0 Å². The highest BCUT2D eigenvalue weighted by Gasteiger charge is 2.12. The van der Waals surface area contributed by atoms with E-state index in [1.807, 2.05) is 35.7 Å². The number of benzene rings is 1. The third-order valence-corrected chi connectivity index (χ3v) is 5.42. The summed E-state index contributed by atoms with van der Waals surface area (Å²) in [5.41, 5.74) is 2.20. The standard InChI is InChI=1S/C17H15N3OS2/c1-2-20-13-7-4-3-6-12(13)19-17(20)23-11-16-18-10-14(21-16)15-8-5-9-22-15/h3-10H,2,11H2,1H3. The maximum Gasteiger partial charge on any atom is 0.205 e. The normalized spacial score (nSPS) is 11.3. The minimum atomic E-state index is 0.675. The Hall–Kier alpha value is -2.05. The molecule has 4 rings (SSSR count). The Balaban J connectivity index is 1.55. The second kappa shape index (κ2) is 6.22. The fourth-order valence-electron chi connectivity index (χ4n) is 2.51. The van der Waals surface area contributed by atoms with Gasteiger partial charge in [0.05, 0.1) is 27.9 Å². The first-order chi connectivity index (χ1) is 11.3. The number of rotatable bonds is 5. The van der Waals surface area contributed by atoms with Crippen molar-refractivity contribution >= 4 is 34.1 Å². The van der Waals surface area contributed by atoms with E-state index >= 15 is 0 Å². The number of aromatic nitrogens is 3. The molecule has 0 N–H and O–H groups in total. The van der Waals surface area contributed by atoms with Crippen LogP contribution >= 0.6 is 23.1 Å². The molecule has 6 heteroatoms. The second-order valence-electron chi connectivity index (χ2n) is 5.01. The summed E-state index contributed by atoms with van der Waals surface area (Å²) in [7, 11) is 0. The van der Waals surface area contributed by atoms with Gasteiger partial charge in [-0.3, -0.25) is 0 Å². The first kappa shape index (κ1) is 14.5. The summed E-state index contributed by atoms with van der Waals surface area (Å²) in [6.45, 7) is 3.03. The second-order valence-corrected chi connectivity index (χ2v) is 6.90. The number of hydrogen-bond acceptors (Lipinski definition) is 5. The summed E-state index contributed by atoms with van der Waals surface area (Å²) in [5, 5.41) is 3.04. The molecule has 0 spiro atoms. The third kappa shape index (κ3) is 2.80. The van der Waals surface area contributed by atoms with Gasteiger partial charge in [0, 0.05) is 6.54 Å². The van der Waals surface area contributed by atoms with E-state index in [0.717, 1.165) is 33.7 Å². The van der Waals surface area contributed by atoms with Gasteiger partial charge >= 0.3 is 0 Å². The van der Waals surface area contributed by atoms with Crippen molar-refractivity contribution in [1.29, 1.82) is 0 Å². The molecular formula is C17H15N3OS2. The van der Waals surface area contributed by atoms with Gasteiger partial charge < -0.3 is 8.98 Å². The molecule has 0 saturated carbocycles. The first-order valence-electron chi connectivity index (χ1n) is 7.42. The van der Waals surface area contributed by atoms with Gasteiger partial charge in [-0.1, -0.05) is 30.0 Å². The molecule has 3 heterocycles. The van der Waals surface area contributed by atoms with Crippen LogP contribution in [0.4, 0.5) is 0 Å². The number of thiophene rings is 1. The summed E-state index contributed by atoms with van der Waals surface area (Å²) in [6.07, 6.45) is 1.80. The van der Waals surface area contributed by atoms with Crippen LogP contribution in [0.1, 0.15) is 12.8 Å². The quantitative estimate of drug-likeness (QED) is 0.476. The zero-order valence-corrected chi connectivity index (χ0v) is 14.2. The van der Waals surface area contributed by atoms with Gasteiger partial charge in [0.25, 0.3) is 0 Å². The van der Waals surface area contributed by atoms with E-state index in [4.69, 9.17) is 9.40 Å². The average Bonchev–Trinajstić information content (AvgIpc) is 3.30. The monoisotopic (exact) mass is 341 g/mol. The van der Waals surface area contributed by atoms with E-state index in [0.29, 0.717) is 5.75 Å². The minimum Gasteiger partial charge on any atom is -0.439 e. The average molecular weight is 341 g/mol. The van der Waals surface area contributed by atoms with Crippen LogP contribution in [0, 0.1) is 0 Å². The maximum absolute atomic E-state index is 5.84. The van der Waals surface area contributed by atoms with Crippen molar-refractivity contribution in [1.82, 2.24) is 14.5 Å². The van der Waals surface area contributed by atoms with Crippen molar-refractivity contribution in [2.75, 3.05) is 0 Å². The number of thioether (sulfide) groups is 1. The number of para-hydroxylation sites is 2. The van der Waals surface area contributed by atoms with Crippen LogP contribution in [0.2, 0.25) is 0 Å². The molecular weight excluding hydrogens is 326 g/mol. The highest BCUT2D eigenvalue weighted by atomic mass is 32.2. The van der Waals surface area contributed by atoms with Crippen molar-refractivity contribution in [2.45, 2.75) is 24.4 Å². The molecule has 0 amide bonds. The molecule has 0 fully saturated rings. The number of hydrogen-bond donors (Lipinski definition) is 0. The summed E-state index contributed by atoms with van der Waals surface area (Å²) < 4.78 is 8.06. The smallest absolute Gasteiger partial charge is 0.205 e. The van der Waals surface area contributed by atoms with Crippen LogP contribution < -0.4 is 0 Å². The van der Waals surface area contributed by atoms with Crippen LogP contribution in [-0.2, 0) is 12.3 Å². The first-order valence-corrected chi connectivity index (χ1v) is 9.28. The molecule has 23 heavy (non-hydrogen) atoms. The molecule has 0 aliphatic rings. The van der Waals surface area contributed by atoms with Crippen LogP contribution in [0.25, 0.3) is 21.7 Å². The highest BCUT2D eigenvalue weighted by Crippen LogP contribution is 2.29. The SMILES string of the molecule is CCn1c(SCc2ncc(-c3cccs3)o2)nc2ccccc21. The zero-order valence-electron chi connectivity index (χ0n) is 12.6. The molecule has 0 atom stereocenters. The lowest BCUT2D eigenvalue weighted by Crippen LogP contribution is -1.96. The number of nitrogens with zero attached hydrogens (tertiary/aromatic N) is 3. The van der Waals surface area contributed by atoms with E-state index in [2.05, 4.69) is 22.5 Å². The summed E-state index contributed by atoms with van der Waals surface area (Å²) in [6, 6.07) is 12.3. The van der Waals surface area contributed by atoms with Crippen LogP contribution in [0.5, 0.6) is 0 Å². The van der Waals surface area contributed by atoms with Crippen LogP contribution in [0.15, 0.2) is 57.5 Å². The van der Waals surface area contributed by atoms with Crippen molar-refractivity contribution in [3.63, 3.8) is 0 Å². The fraction of sp³-hybridized carbons (Fsp3) is 0.176. The predicted molar refractivity (Wildman–Crippen MR) is 94.8 cm³/mol. The fourth-order valence-corrected chi connectivity index (χ4v) is 4.11. The summed E-state index contributed by atoms with van der Waals surface area (Å²) in [4.78, 5) is 10.2. The maximum atomic E-state index is 5.84. The van der Waals surface area contributed by atoms with Crippen molar-refractivity contribution in [3.05, 3.63) is 53.9 Å². The Morgan fingerprint density at radius 1 is 1.22 bits per heavy atom. The largest absolute Gasteiger partial charge is 0.439 e. The molecule has 0 aliphatic carbocycles. The van der Waals surface area contributed by atoms with Crippen molar-refractivity contribution < 1.29 is 4.42 Å². The number of fused-ring (bicyclic) bond motifs is 1. The lowest BCUT2D eigenvalue weighted by atomic mass is 10.3. The number of aryl methyl sites for hydroxylation is 1. The third-order valence-electron chi connectivity index (χ3n) is 3.58. The highest BCUT2D eigenvalue weighted by molar-refractivity contribution is 7.98. The number of oxazole rings is 1. The molecule has 4 aromatic rings. The molecule has 4 nitrogen and oxygen atoms in total. The van der Waals surface area contributed by atoms with Gasteiger partial charge in [0.15, 0.2) is 10.9 Å². The number of imidazole rings is 1. The van der Waals surface area contributed by atoms with Crippen molar-refractivity contribution in [3.8, 4) is 10.6 Å². The Morgan fingerprint density at radius 2 is 2.13 bits per heavy atom. The molecule has 0 aliphatic heterocycles. The van der Waals surface area contributed by atoms with Crippen LogP contribution in [0.3, 0.4) is 0 Å². The van der Waals surface area contributed by atoms with Gasteiger partial charge in [-0.05, 0) is 30.5 Å². The predicted octanol–water partition coefficient (Wildman–Crippen LogP) is 5.07. The molecule has 116 valence electrons. The van der Waals surface area contributed by atoms with Gasteiger partial charge in [-0.15, -0.1) is 11.3 Å². The topological polar surface area (TPSA) is 43.9 Å². The molecule has 0 saturated heterocycles. The minimum absolute atomic E-state index is 0.675. The van der Waals surface area contributed by atoms with Crippen LogP contribution in [-0.4, -0.2) is 14.5 Å². The lowest BCUT2D eigenvalue weighted by molar-refractivity contribution is 0.530. The van der Waals surface area contributed by atoms with Gasteiger partial charge in [-0.25, -0.2) is 9.97 Å². The van der Waals surface area contributed by atoms with E-state index in [1.165, 1.54) is 5.52 Å². The van der Waals surface area contributed by atoms with Gasteiger partial charge in [-0.2, -0.15) is 0 Å². The zero-order chi connectivity index (χ0) is 15.6. The van der Waals surface area contributed by atoms with E-state index in [1.54, 1.807) is 29.3 Å². The van der Waals surface area contributed by atoms with Gasteiger partial charge in [0.1, 0.15) is 0 Å². The molecule has 0 unspecified atom stereocenters. The Morgan fingerprint density at radius 3 is 2.96 bits per heavy atom. The van der Waals surface area contributed by atoms with Gasteiger partial charge in [0.2, 0.25) is 5.89 Å². The summed E-state index contributed by atoms with van der Waals surface area (Å²) >= 11 is 3.32. The van der Waals surface area contributed by atoms with Crippen molar-refractivity contribution in [2.24, 2.45) is 0 Å². The molecule has 3 aromatic heterocycles. The molecule has 0 radical (unpaired) electrons.